The number of nitrogens with two attached hydrogens (primary N) is 1. The number of benzene rings is 1. The van der Waals surface area contributed by atoms with Crippen molar-refractivity contribution >= 4 is 0 Å². The van der Waals surface area contributed by atoms with Gasteiger partial charge in [0.15, 0.2) is 0 Å². The SMILES string of the molecule is CC1CCC(NC2(CN)CCc3ccccc3C2)C1. The molecule has 2 heteroatoms. The first-order chi connectivity index (χ1) is 9.21. The highest BCUT2D eigenvalue weighted by Gasteiger charge is 2.36. The van der Waals surface area contributed by atoms with Crippen molar-refractivity contribution in [2.75, 3.05) is 6.54 Å². The molecule has 3 unspecified atom stereocenters. The third-order valence-electron chi connectivity index (χ3n) is 5.12. The van der Waals surface area contributed by atoms with E-state index in [2.05, 4.69) is 36.5 Å². The summed E-state index contributed by atoms with van der Waals surface area (Å²) in [6.07, 6.45) is 7.47. The van der Waals surface area contributed by atoms with Crippen molar-refractivity contribution in [1.82, 2.24) is 5.32 Å². The lowest BCUT2D eigenvalue weighted by Crippen LogP contribution is -2.57. The van der Waals surface area contributed by atoms with Gasteiger partial charge >= 0.3 is 0 Å². The summed E-state index contributed by atoms with van der Waals surface area (Å²) in [5.74, 6) is 0.878. The lowest BCUT2D eigenvalue weighted by Gasteiger charge is -2.40. The van der Waals surface area contributed by atoms with E-state index in [1.54, 1.807) is 0 Å². The van der Waals surface area contributed by atoms with Gasteiger partial charge in [0.25, 0.3) is 0 Å². The number of hydrogen-bond donors (Lipinski definition) is 2. The zero-order valence-electron chi connectivity index (χ0n) is 12.0. The molecular formula is C17H26N2. The van der Waals surface area contributed by atoms with Crippen LogP contribution in [0.25, 0.3) is 0 Å². The summed E-state index contributed by atoms with van der Waals surface area (Å²) < 4.78 is 0. The Balaban J connectivity index is 1.74. The van der Waals surface area contributed by atoms with Gasteiger partial charge in [0.05, 0.1) is 0 Å². The molecule has 0 radical (unpaired) electrons. The lowest BCUT2D eigenvalue weighted by molar-refractivity contribution is 0.257. The van der Waals surface area contributed by atoms with Gasteiger partial charge in [0.2, 0.25) is 0 Å². The van der Waals surface area contributed by atoms with Crippen molar-refractivity contribution in [3.8, 4) is 0 Å². The van der Waals surface area contributed by atoms with Crippen LogP contribution < -0.4 is 11.1 Å². The monoisotopic (exact) mass is 258 g/mol. The summed E-state index contributed by atoms with van der Waals surface area (Å²) in [6, 6.07) is 9.54. The van der Waals surface area contributed by atoms with Crippen LogP contribution in [0.15, 0.2) is 24.3 Å². The van der Waals surface area contributed by atoms with Crippen LogP contribution in [-0.4, -0.2) is 18.1 Å². The van der Waals surface area contributed by atoms with Crippen molar-refractivity contribution < 1.29 is 0 Å². The molecule has 0 saturated heterocycles. The molecule has 1 saturated carbocycles. The average Bonchev–Trinajstić information content (AvgIpc) is 2.84. The third-order valence-corrected chi connectivity index (χ3v) is 5.12. The van der Waals surface area contributed by atoms with Crippen LogP contribution in [0.2, 0.25) is 0 Å². The molecule has 3 N–H and O–H groups in total. The van der Waals surface area contributed by atoms with Crippen LogP contribution >= 0.6 is 0 Å². The fourth-order valence-corrected chi connectivity index (χ4v) is 3.93. The molecule has 0 bridgehead atoms. The highest BCUT2D eigenvalue weighted by Crippen LogP contribution is 2.32. The molecule has 2 nitrogen and oxygen atoms in total. The fourth-order valence-electron chi connectivity index (χ4n) is 3.93. The van der Waals surface area contributed by atoms with Gasteiger partial charge < -0.3 is 11.1 Å². The Labute approximate surface area is 116 Å². The van der Waals surface area contributed by atoms with Gasteiger partial charge in [-0.25, -0.2) is 0 Å². The second kappa shape index (κ2) is 5.26. The van der Waals surface area contributed by atoms with Crippen LogP contribution in [0.5, 0.6) is 0 Å². The van der Waals surface area contributed by atoms with E-state index >= 15 is 0 Å². The Kier molecular flexibility index (Phi) is 3.64. The van der Waals surface area contributed by atoms with Gasteiger partial charge in [-0.15, -0.1) is 0 Å². The van der Waals surface area contributed by atoms with Crippen LogP contribution in [0.4, 0.5) is 0 Å². The zero-order valence-corrected chi connectivity index (χ0v) is 12.0. The zero-order chi connectivity index (χ0) is 13.3. The predicted octanol–water partition coefficient (Wildman–Crippen LogP) is 2.65. The smallest absolute Gasteiger partial charge is 0.0350 e. The fraction of sp³-hybridized carbons (Fsp3) is 0.647. The number of nitrogens with one attached hydrogen (secondary N) is 1. The number of aryl methyl sites for hydroxylation is 1. The summed E-state index contributed by atoms with van der Waals surface area (Å²) >= 11 is 0. The molecule has 3 rings (SSSR count). The molecule has 0 aromatic heterocycles. The summed E-state index contributed by atoms with van der Waals surface area (Å²) in [6.45, 7) is 3.12. The Morgan fingerprint density at radius 2 is 2.05 bits per heavy atom. The molecule has 1 fully saturated rings. The Hall–Kier alpha value is -0.860. The molecule has 1 aromatic rings. The summed E-state index contributed by atoms with van der Waals surface area (Å²) in [5, 5.41) is 3.93. The van der Waals surface area contributed by atoms with E-state index in [0.717, 1.165) is 18.9 Å². The maximum Gasteiger partial charge on any atom is 0.0350 e. The second-order valence-corrected chi connectivity index (χ2v) is 6.69. The Morgan fingerprint density at radius 1 is 1.26 bits per heavy atom. The molecule has 1 aromatic carbocycles. The maximum absolute atomic E-state index is 6.15. The van der Waals surface area contributed by atoms with Crippen LogP contribution in [0.3, 0.4) is 0 Å². The minimum atomic E-state index is 0.142. The van der Waals surface area contributed by atoms with Crippen molar-refractivity contribution in [3.63, 3.8) is 0 Å². The van der Waals surface area contributed by atoms with Gasteiger partial charge in [0.1, 0.15) is 0 Å². The Bertz CT molecular complexity index is 443. The highest BCUT2D eigenvalue weighted by atomic mass is 15.0. The minimum absolute atomic E-state index is 0.142. The van der Waals surface area contributed by atoms with Crippen LogP contribution in [0.1, 0.15) is 43.7 Å². The summed E-state index contributed by atoms with van der Waals surface area (Å²) in [5.41, 5.74) is 9.31. The summed E-state index contributed by atoms with van der Waals surface area (Å²) in [4.78, 5) is 0. The molecule has 2 aliphatic carbocycles. The van der Waals surface area contributed by atoms with E-state index < -0.39 is 0 Å². The maximum atomic E-state index is 6.15. The molecule has 0 amide bonds. The molecule has 104 valence electrons. The lowest BCUT2D eigenvalue weighted by atomic mass is 9.77. The largest absolute Gasteiger partial charge is 0.329 e. The number of hydrogen-bond acceptors (Lipinski definition) is 2. The minimum Gasteiger partial charge on any atom is -0.329 e. The Morgan fingerprint density at radius 3 is 2.74 bits per heavy atom. The molecule has 3 atom stereocenters. The first kappa shape index (κ1) is 13.1. The van der Waals surface area contributed by atoms with Gasteiger partial charge in [-0.05, 0) is 55.6 Å². The predicted molar refractivity (Wildman–Crippen MR) is 80.2 cm³/mol. The van der Waals surface area contributed by atoms with E-state index in [0.29, 0.717) is 6.04 Å². The third kappa shape index (κ3) is 2.70. The van der Waals surface area contributed by atoms with E-state index in [9.17, 15) is 0 Å². The molecule has 19 heavy (non-hydrogen) atoms. The molecular weight excluding hydrogens is 232 g/mol. The van der Waals surface area contributed by atoms with E-state index in [1.165, 1.54) is 43.2 Å². The van der Waals surface area contributed by atoms with Gasteiger partial charge in [-0.1, -0.05) is 31.2 Å². The first-order valence-corrected chi connectivity index (χ1v) is 7.75. The second-order valence-electron chi connectivity index (χ2n) is 6.69. The molecule has 0 spiro atoms. The number of fused-ring (bicyclic) bond motifs is 1. The van der Waals surface area contributed by atoms with Crippen LogP contribution in [0, 0.1) is 5.92 Å². The summed E-state index contributed by atoms with van der Waals surface area (Å²) in [7, 11) is 0. The topological polar surface area (TPSA) is 38.0 Å². The van der Waals surface area contributed by atoms with Crippen LogP contribution in [-0.2, 0) is 12.8 Å². The van der Waals surface area contributed by atoms with Gasteiger partial charge in [-0.2, -0.15) is 0 Å². The van der Waals surface area contributed by atoms with Crippen molar-refractivity contribution in [2.24, 2.45) is 11.7 Å². The quantitative estimate of drug-likeness (QED) is 0.874. The highest BCUT2D eigenvalue weighted by molar-refractivity contribution is 5.32. The molecule has 2 aliphatic rings. The van der Waals surface area contributed by atoms with Gasteiger partial charge in [0, 0.05) is 18.1 Å². The van der Waals surface area contributed by atoms with E-state index in [1.807, 2.05) is 0 Å². The van der Waals surface area contributed by atoms with Crippen molar-refractivity contribution in [1.29, 1.82) is 0 Å². The number of rotatable bonds is 3. The van der Waals surface area contributed by atoms with Crippen molar-refractivity contribution in [3.05, 3.63) is 35.4 Å². The average molecular weight is 258 g/mol. The normalized spacial score (nSPS) is 34.2. The van der Waals surface area contributed by atoms with E-state index in [-0.39, 0.29) is 5.54 Å². The van der Waals surface area contributed by atoms with Crippen molar-refractivity contribution in [2.45, 2.75) is 57.0 Å². The van der Waals surface area contributed by atoms with E-state index in [4.69, 9.17) is 5.73 Å². The first-order valence-electron chi connectivity index (χ1n) is 7.75. The van der Waals surface area contributed by atoms with Gasteiger partial charge in [-0.3, -0.25) is 0 Å². The molecule has 0 aliphatic heterocycles. The standard InChI is InChI=1S/C17H26N2/c1-13-6-7-16(10-13)19-17(12-18)9-8-14-4-2-3-5-15(14)11-17/h2-5,13,16,19H,6-12,18H2,1H3. The molecule has 0 heterocycles.